The summed E-state index contributed by atoms with van der Waals surface area (Å²) in [5.41, 5.74) is 5.61. The standard InChI is InChI=1S/C24H22F2/c1-17-6-10-20(11-7-17)22-14-15-23(24(26)16-22)21-12-8-19(9-13-21)5-3-4-18(2)25/h4,6-16H,3,5H2,1-2H3/b18-4-. The Bertz CT molecular complexity index is 900. The van der Waals surface area contributed by atoms with Crippen LogP contribution in [-0.4, -0.2) is 0 Å². The Labute approximate surface area is 153 Å². The molecule has 3 aromatic rings. The van der Waals surface area contributed by atoms with Gasteiger partial charge in [-0.25, -0.2) is 8.78 Å². The van der Waals surface area contributed by atoms with Gasteiger partial charge in [-0.2, -0.15) is 0 Å². The second-order valence-electron chi connectivity index (χ2n) is 6.59. The minimum Gasteiger partial charge on any atom is -0.212 e. The molecule has 0 bridgehead atoms. The molecule has 26 heavy (non-hydrogen) atoms. The average Bonchev–Trinajstić information content (AvgIpc) is 2.63. The Morgan fingerprint density at radius 2 is 1.46 bits per heavy atom. The molecule has 2 heteroatoms. The molecule has 0 unspecified atom stereocenters. The molecule has 0 aliphatic carbocycles. The lowest BCUT2D eigenvalue weighted by atomic mass is 9.98. The molecule has 0 fully saturated rings. The highest BCUT2D eigenvalue weighted by atomic mass is 19.1. The van der Waals surface area contributed by atoms with Crippen LogP contribution < -0.4 is 0 Å². The topological polar surface area (TPSA) is 0 Å². The van der Waals surface area contributed by atoms with E-state index in [2.05, 4.69) is 0 Å². The van der Waals surface area contributed by atoms with Gasteiger partial charge in [0.1, 0.15) is 5.82 Å². The minimum atomic E-state index is -0.230. The van der Waals surface area contributed by atoms with E-state index in [1.807, 2.05) is 67.6 Å². The van der Waals surface area contributed by atoms with E-state index in [-0.39, 0.29) is 11.6 Å². The van der Waals surface area contributed by atoms with Crippen LogP contribution in [0, 0.1) is 12.7 Å². The van der Waals surface area contributed by atoms with Gasteiger partial charge in [-0.3, -0.25) is 0 Å². The van der Waals surface area contributed by atoms with E-state index in [1.165, 1.54) is 12.5 Å². The fourth-order valence-corrected chi connectivity index (χ4v) is 2.96. The molecule has 0 saturated heterocycles. The van der Waals surface area contributed by atoms with Crippen molar-refractivity contribution in [3.05, 3.63) is 95.6 Å². The third-order valence-electron chi connectivity index (χ3n) is 4.48. The molecule has 0 saturated carbocycles. The fourth-order valence-electron chi connectivity index (χ4n) is 2.96. The number of halogens is 2. The molecular formula is C24H22F2. The second kappa shape index (κ2) is 8.09. The lowest BCUT2D eigenvalue weighted by Gasteiger charge is -2.08. The van der Waals surface area contributed by atoms with E-state index < -0.39 is 0 Å². The van der Waals surface area contributed by atoms with Crippen LogP contribution in [0.15, 0.2) is 78.6 Å². The third kappa shape index (κ3) is 4.45. The molecule has 0 nitrogen and oxygen atoms in total. The SMILES string of the molecule is C/C(F)=C/CCc1ccc(-c2ccc(-c3ccc(C)cc3)cc2F)cc1. The monoisotopic (exact) mass is 348 g/mol. The molecule has 0 radical (unpaired) electrons. The van der Waals surface area contributed by atoms with Crippen LogP contribution in [0.3, 0.4) is 0 Å². The number of rotatable bonds is 5. The quantitative estimate of drug-likeness (QED) is 0.454. The molecule has 0 N–H and O–H groups in total. The lowest BCUT2D eigenvalue weighted by Crippen LogP contribution is -1.88. The van der Waals surface area contributed by atoms with Crippen LogP contribution in [0.25, 0.3) is 22.3 Å². The largest absolute Gasteiger partial charge is 0.212 e. The van der Waals surface area contributed by atoms with Crippen molar-refractivity contribution in [2.75, 3.05) is 0 Å². The molecule has 0 aliphatic rings. The predicted octanol–water partition coefficient (Wildman–Crippen LogP) is 7.27. The van der Waals surface area contributed by atoms with Crippen molar-refractivity contribution < 1.29 is 8.78 Å². The van der Waals surface area contributed by atoms with Crippen LogP contribution in [0.2, 0.25) is 0 Å². The highest BCUT2D eigenvalue weighted by Crippen LogP contribution is 2.28. The number of benzene rings is 3. The first-order valence-corrected chi connectivity index (χ1v) is 8.81. The van der Waals surface area contributed by atoms with Crippen LogP contribution in [0.1, 0.15) is 24.5 Å². The van der Waals surface area contributed by atoms with E-state index in [0.29, 0.717) is 12.0 Å². The van der Waals surface area contributed by atoms with Crippen molar-refractivity contribution in [3.8, 4) is 22.3 Å². The predicted molar refractivity (Wildman–Crippen MR) is 105 cm³/mol. The van der Waals surface area contributed by atoms with Gasteiger partial charge in [0.05, 0.1) is 5.83 Å². The van der Waals surface area contributed by atoms with Crippen molar-refractivity contribution in [1.82, 2.24) is 0 Å². The zero-order chi connectivity index (χ0) is 18.5. The van der Waals surface area contributed by atoms with E-state index in [0.717, 1.165) is 28.7 Å². The summed E-state index contributed by atoms with van der Waals surface area (Å²) in [5.74, 6) is -0.385. The van der Waals surface area contributed by atoms with E-state index in [4.69, 9.17) is 0 Å². The summed E-state index contributed by atoms with van der Waals surface area (Å²) in [6.07, 6.45) is 3.02. The van der Waals surface area contributed by atoms with Crippen molar-refractivity contribution in [2.45, 2.75) is 26.7 Å². The molecule has 0 atom stereocenters. The van der Waals surface area contributed by atoms with Gasteiger partial charge in [0, 0.05) is 5.56 Å². The van der Waals surface area contributed by atoms with E-state index in [1.54, 1.807) is 12.1 Å². The fraction of sp³-hybridized carbons (Fsp3) is 0.167. The second-order valence-corrected chi connectivity index (χ2v) is 6.59. The normalized spacial score (nSPS) is 11.6. The molecule has 0 aromatic heterocycles. The smallest absolute Gasteiger partial charge is 0.131 e. The van der Waals surface area contributed by atoms with Gasteiger partial charge in [0.2, 0.25) is 0 Å². The number of allylic oxidation sites excluding steroid dienone is 2. The Kier molecular flexibility index (Phi) is 5.62. The summed E-state index contributed by atoms with van der Waals surface area (Å²) in [5, 5.41) is 0. The summed E-state index contributed by atoms with van der Waals surface area (Å²) < 4.78 is 27.4. The number of hydrogen-bond donors (Lipinski definition) is 0. The van der Waals surface area contributed by atoms with Gasteiger partial charge in [-0.1, -0.05) is 72.3 Å². The zero-order valence-electron chi connectivity index (χ0n) is 15.1. The summed E-state index contributed by atoms with van der Waals surface area (Å²) in [4.78, 5) is 0. The molecule has 3 aromatic carbocycles. The molecule has 132 valence electrons. The molecule has 0 aliphatic heterocycles. The van der Waals surface area contributed by atoms with Crippen LogP contribution >= 0.6 is 0 Å². The van der Waals surface area contributed by atoms with Crippen LogP contribution in [-0.2, 0) is 6.42 Å². The van der Waals surface area contributed by atoms with Crippen molar-refractivity contribution >= 4 is 0 Å². The van der Waals surface area contributed by atoms with Gasteiger partial charge >= 0.3 is 0 Å². The van der Waals surface area contributed by atoms with E-state index in [9.17, 15) is 8.78 Å². The van der Waals surface area contributed by atoms with Crippen molar-refractivity contribution in [2.24, 2.45) is 0 Å². The lowest BCUT2D eigenvalue weighted by molar-refractivity contribution is 0.631. The van der Waals surface area contributed by atoms with Crippen LogP contribution in [0.5, 0.6) is 0 Å². The molecule has 0 spiro atoms. The average molecular weight is 348 g/mol. The first-order valence-electron chi connectivity index (χ1n) is 8.81. The van der Waals surface area contributed by atoms with Crippen molar-refractivity contribution in [1.29, 1.82) is 0 Å². The Hall–Kier alpha value is -2.74. The van der Waals surface area contributed by atoms with Gasteiger partial charge in [0.15, 0.2) is 0 Å². The highest BCUT2D eigenvalue weighted by Gasteiger charge is 2.07. The third-order valence-corrected chi connectivity index (χ3v) is 4.48. The maximum atomic E-state index is 14.6. The maximum Gasteiger partial charge on any atom is 0.131 e. The Morgan fingerprint density at radius 3 is 2.08 bits per heavy atom. The summed E-state index contributed by atoms with van der Waals surface area (Å²) >= 11 is 0. The summed E-state index contributed by atoms with van der Waals surface area (Å²) in [6, 6.07) is 21.2. The number of hydrogen-bond acceptors (Lipinski definition) is 0. The van der Waals surface area contributed by atoms with Gasteiger partial charge in [-0.05, 0) is 55.0 Å². The first kappa shape index (κ1) is 18.1. The summed E-state index contributed by atoms with van der Waals surface area (Å²) in [6.45, 7) is 3.48. The first-order chi connectivity index (χ1) is 12.5. The molecular weight excluding hydrogens is 326 g/mol. The van der Waals surface area contributed by atoms with E-state index >= 15 is 0 Å². The van der Waals surface area contributed by atoms with Gasteiger partial charge in [0.25, 0.3) is 0 Å². The van der Waals surface area contributed by atoms with Gasteiger partial charge in [-0.15, -0.1) is 0 Å². The number of aryl methyl sites for hydroxylation is 2. The molecule has 3 rings (SSSR count). The Balaban J connectivity index is 1.79. The van der Waals surface area contributed by atoms with Gasteiger partial charge < -0.3 is 0 Å². The van der Waals surface area contributed by atoms with Crippen LogP contribution in [0.4, 0.5) is 8.78 Å². The summed E-state index contributed by atoms with van der Waals surface area (Å²) in [7, 11) is 0. The maximum absolute atomic E-state index is 14.6. The highest BCUT2D eigenvalue weighted by molar-refractivity contribution is 5.71. The zero-order valence-corrected chi connectivity index (χ0v) is 15.1. The molecule has 0 amide bonds. The molecule has 0 heterocycles. The van der Waals surface area contributed by atoms with Crippen molar-refractivity contribution in [3.63, 3.8) is 0 Å². The Morgan fingerprint density at radius 1 is 0.846 bits per heavy atom. The minimum absolute atomic E-state index is 0.155.